The molecule has 0 saturated carbocycles. The maximum absolute atomic E-state index is 5.22. The van der Waals surface area contributed by atoms with E-state index >= 15 is 0 Å². The zero-order valence-electron chi connectivity index (χ0n) is 8.43. The Morgan fingerprint density at radius 1 is 1.40 bits per heavy atom. The minimum Gasteiger partial charge on any atom is -0.363 e. The van der Waals surface area contributed by atoms with Gasteiger partial charge in [-0.25, -0.2) is 4.98 Å². The lowest BCUT2D eigenvalue weighted by Gasteiger charge is -2.10. The zero-order valence-corrected chi connectivity index (χ0v) is 10.9. The van der Waals surface area contributed by atoms with Crippen LogP contribution >= 0.6 is 35.3 Å². The predicted octanol–water partition coefficient (Wildman–Crippen LogP) is 3.23. The lowest BCUT2D eigenvalue weighted by Crippen LogP contribution is -2.15. The van der Waals surface area contributed by atoms with Crippen LogP contribution in [0.5, 0.6) is 0 Å². The van der Waals surface area contributed by atoms with Crippen molar-refractivity contribution in [1.82, 2.24) is 9.88 Å². The highest BCUT2D eigenvalue weighted by atomic mass is 32.2. The van der Waals surface area contributed by atoms with E-state index in [-0.39, 0.29) is 0 Å². The third-order valence-electron chi connectivity index (χ3n) is 1.81. The number of fused-ring (bicyclic) bond motifs is 1. The van der Waals surface area contributed by atoms with Gasteiger partial charge in [-0.2, -0.15) is 0 Å². The molecule has 0 amide bonds. The number of nitrogens with zero attached hydrogens (tertiary/aromatic N) is 2. The van der Waals surface area contributed by atoms with Crippen molar-refractivity contribution in [3.05, 3.63) is 24.3 Å². The number of benzene rings is 1. The van der Waals surface area contributed by atoms with Gasteiger partial charge < -0.3 is 4.90 Å². The van der Waals surface area contributed by atoms with Crippen LogP contribution in [-0.4, -0.2) is 28.3 Å². The number of hydrogen-bond donors (Lipinski definition) is 0. The van der Waals surface area contributed by atoms with Crippen LogP contribution in [0.4, 0.5) is 0 Å². The maximum atomic E-state index is 5.22. The van der Waals surface area contributed by atoms with Crippen LogP contribution < -0.4 is 0 Å². The highest BCUT2D eigenvalue weighted by Crippen LogP contribution is 2.30. The SMILES string of the molecule is CN(C)C(=S)Sc1nc2ccccc2s1. The molecule has 0 unspecified atom stereocenters. The second-order valence-electron chi connectivity index (χ2n) is 3.21. The summed E-state index contributed by atoms with van der Waals surface area (Å²) in [5.41, 5.74) is 1.05. The van der Waals surface area contributed by atoms with E-state index in [1.807, 2.05) is 37.2 Å². The van der Waals surface area contributed by atoms with Crippen molar-refractivity contribution in [2.24, 2.45) is 0 Å². The van der Waals surface area contributed by atoms with Gasteiger partial charge in [-0.1, -0.05) is 24.4 Å². The Bertz CT molecular complexity index is 457. The summed E-state index contributed by atoms with van der Waals surface area (Å²) < 4.78 is 3.06. The molecule has 2 rings (SSSR count). The molecule has 1 aromatic carbocycles. The van der Waals surface area contributed by atoms with E-state index in [1.165, 1.54) is 4.70 Å². The molecule has 78 valence electrons. The summed E-state index contributed by atoms with van der Waals surface area (Å²) in [5.74, 6) is 0. The van der Waals surface area contributed by atoms with Gasteiger partial charge in [-0.05, 0) is 23.9 Å². The van der Waals surface area contributed by atoms with Crippen LogP contribution in [0.25, 0.3) is 10.2 Å². The molecule has 0 N–H and O–H groups in total. The normalized spacial score (nSPS) is 10.5. The summed E-state index contributed by atoms with van der Waals surface area (Å²) in [4.78, 5) is 6.43. The van der Waals surface area contributed by atoms with Crippen molar-refractivity contribution in [1.29, 1.82) is 0 Å². The van der Waals surface area contributed by atoms with Crippen LogP contribution in [0.1, 0.15) is 0 Å². The average Bonchev–Trinajstić information content (AvgIpc) is 2.59. The molecule has 1 aromatic heterocycles. The minimum absolute atomic E-state index is 0.842. The largest absolute Gasteiger partial charge is 0.363 e. The Morgan fingerprint density at radius 3 is 2.80 bits per heavy atom. The molecule has 2 nitrogen and oxygen atoms in total. The summed E-state index contributed by atoms with van der Waals surface area (Å²) in [6.45, 7) is 0. The molecular weight excluding hydrogens is 244 g/mol. The number of aromatic nitrogens is 1. The lowest BCUT2D eigenvalue weighted by molar-refractivity contribution is 0.648. The molecule has 0 fully saturated rings. The molecule has 0 radical (unpaired) electrons. The van der Waals surface area contributed by atoms with E-state index in [4.69, 9.17) is 12.2 Å². The number of rotatable bonds is 1. The van der Waals surface area contributed by atoms with Crippen LogP contribution in [0, 0.1) is 0 Å². The van der Waals surface area contributed by atoms with E-state index in [1.54, 1.807) is 23.1 Å². The van der Waals surface area contributed by atoms with E-state index < -0.39 is 0 Å². The Morgan fingerprint density at radius 2 is 2.13 bits per heavy atom. The molecule has 2 aromatic rings. The van der Waals surface area contributed by atoms with Crippen molar-refractivity contribution in [3.8, 4) is 0 Å². The molecule has 1 heterocycles. The van der Waals surface area contributed by atoms with Gasteiger partial charge in [0.25, 0.3) is 0 Å². The Hall–Kier alpha value is -0.650. The Balaban J connectivity index is 2.26. The summed E-state index contributed by atoms with van der Waals surface area (Å²) in [6, 6.07) is 8.13. The van der Waals surface area contributed by atoms with Crippen molar-refractivity contribution >= 4 is 49.9 Å². The quantitative estimate of drug-likeness (QED) is 0.573. The monoisotopic (exact) mass is 254 g/mol. The highest BCUT2D eigenvalue weighted by molar-refractivity contribution is 8.23. The van der Waals surface area contributed by atoms with Crippen molar-refractivity contribution in [2.45, 2.75) is 4.34 Å². The van der Waals surface area contributed by atoms with Crippen molar-refractivity contribution < 1.29 is 0 Å². The van der Waals surface area contributed by atoms with Crippen LogP contribution in [0.3, 0.4) is 0 Å². The van der Waals surface area contributed by atoms with Gasteiger partial charge in [-0.3, -0.25) is 0 Å². The molecule has 0 aliphatic rings. The predicted molar refractivity (Wildman–Crippen MR) is 71.8 cm³/mol. The van der Waals surface area contributed by atoms with Gasteiger partial charge in [0.05, 0.1) is 10.2 Å². The Kier molecular flexibility index (Phi) is 3.23. The fourth-order valence-corrected chi connectivity index (χ4v) is 3.30. The van der Waals surface area contributed by atoms with E-state index in [2.05, 4.69) is 11.1 Å². The second kappa shape index (κ2) is 4.47. The standard InChI is InChI=1S/C10H10N2S3/c1-12(2)10(13)15-9-11-7-5-3-4-6-8(7)14-9/h3-6H,1-2H3. The van der Waals surface area contributed by atoms with Crippen LogP contribution in [-0.2, 0) is 0 Å². The summed E-state index contributed by atoms with van der Waals surface area (Å²) in [7, 11) is 3.89. The molecule has 0 spiro atoms. The van der Waals surface area contributed by atoms with Crippen LogP contribution in [0.15, 0.2) is 28.6 Å². The van der Waals surface area contributed by atoms with Gasteiger partial charge in [-0.15, -0.1) is 11.3 Å². The molecule has 0 bridgehead atoms. The summed E-state index contributed by atoms with van der Waals surface area (Å²) in [5, 5.41) is 0. The number of thioether (sulfide) groups is 1. The van der Waals surface area contributed by atoms with Gasteiger partial charge in [0, 0.05) is 14.1 Å². The minimum atomic E-state index is 0.842. The molecular formula is C10H10N2S3. The van der Waals surface area contributed by atoms with Gasteiger partial charge >= 0.3 is 0 Å². The molecule has 15 heavy (non-hydrogen) atoms. The average molecular weight is 254 g/mol. The zero-order chi connectivity index (χ0) is 10.8. The topological polar surface area (TPSA) is 16.1 Å². The fourth-order valence-electron chi connectivity index (χ4n) is 1.06. The molecule has 0 atom stereocenters. The number of thiocarbonyl (C=S) groups is 1. The first-order valence-corrected chi connectivity index (χ1v) is 6.45. The van der Waals surface area contributed by atoms with E-state index in [0.29, 0.717) is 0 Å². The molecule has 0 aliphatic carbocycles. The molecule has 0 saturated heterocycles. The summed E-state index contributed by atoms with van der Waals surface area (Å²) in [6.07, 6.45) is 0. The lowest BCUT2D eigenvalue weighted by atomic mass is 10.3. The molecule has 5 heteroatoms. The number of hydrogen-bond acceptors (Lipinski definition) is 4. The van der Waals surface area contributed by atoms with E-state index in [9.17, 15) is 0 Å². The molecule has 0 aliphatic heterocycles. The summed E-state index contributed by atoms with van der Waals surface area (Å²) >= 11 is 8.44. The number of thiazole rings is 1. The van der Waals surface area contributed by atoms with Crippen molar-refractivity contribution in [3.63, 3.8) is 0 Å². The maximum Gasteiger partial charge on any atom is 0.158 e. The van der Waals surface area contributed by atoms with E-state index in [0.717, 1.165) is 14.2 Å². The van der Waals surface area contributed by atoms with Gasteiger partial charge in [0.2, 0.25) is 0 Å². The van der Waals surface area contributed by atoms with Crippen molar-refractivity contribution in [2.75, 3.05) is 14.1 Å². The van der Waals surface area contributed by atoms with Crippen LogP contribution in [0.2, 0.25) is 0 Å². The van der Waals surface area contributed by atoms with Gasteiger partial charge in [0.15, 0.2) is 4.34 Å². The third kappa shape index (κ3) is 2.48. The fraction of sp³-hybridized carbons (Fsp3) is 0.200. The van der Waals surface area contributed by atoms with Gasteiger partial charge in [0.1, 0.15) is 4.32 Å². The second-order valence-corrected chi connectivity index (χ2v) is 6.12. The smallest absolute Gasteiger partial charge is 0.158 e. The first-order chi connectivity index (χ1) is 7.16. The number of para-hydroxylation sites is 1. The Labute approximate surface area is 102 Å². The first kappa shape index (κ1) is 10.9. The third-order valence-corrected chi connectivity index (χ3v) is 4.57. The highest BCUT2D eigenvalue weighted by Gasteiger charge is 2.07. The first-order valence-electron chi connectivity index (χ1n) is 4.41.